The van der Waals surface area contributed by atoms with Crippen molar-refractivity contribution in [1.82, 2.24) is 15.2 Å². The summed E-state index contributed by atoms with van der Waals surface area (Å²) in [5, 5.41) is 3.27. The van der Waals surface area contributed by atoms with E-state index in [1.165, 1.54) is 11.9 Å². The second kappa shape index (κ2) is 11.9. The fourth-order valence-electron chi connectivity index (χ4n) is 5.41. The van der Waals surface area contributed by atoms with Gasteiger partial charge in [0.15, 0.2) is 0 Å². The van der Waals surface area contributed by atoms with Crippen LogP contribution < -0.4 is 15.8 Å². The zero-order chi connectivity index (χ0) is 27.5. The molecule has 2 N–H and O–H groups in total. The molecule has 0 atom stereocenters. The van der Waals surface area contributed by atoms with Gasteiger partial charge in [-0.3, -0.25) is 14.5 Å². The second-order valence-electron chi connectivity index (χ2n) is 10.0. The first-order valence-corrected chi connectivity index (χ1v) is 13.0. The number of carbonyl (C=O) groups is 1. The SMILES string of the molecule is CCN(c1cc(Cl)cc(C(=O)NCc2c(C)cc(C)[nH]c2=O)c1C)C1CCC(N(C)CC(F)(F)F)CC1. The van der Waals surface area contributed by atoms with Gasteiger partial charge in [-0.25, -0.2) is 0 Å². The maximum atomic E-state index is 13.2. The Morgan fingerprint density at radius 3 is 2.30 bits per heavy atom. The van der Waals surface area contributed by atoms with Crippen molar-refractivity contribution in [2.24, 2.45) is 0 Å². The number of pyridine rings is 1. The number of hydrogen-bond donors (Lipinski definition) is 2. The highest BCUT2D eigenvalue weighted by Gasteiger charge is 2.34. The van der Waals surface area contributed by atoms with E-state index in [4.69, 9.17) is 11.6 Å². The molecule has 1 fully saturated rings. The topological polar surface area (TPSA) is 68.4 Å². The van der Waals surface area contributed by atoms with Gasteiger partial charge in [0.25, 0.3) is 11.5 Å². The van der Waals surface area contributed by atoms with Crippen LogP contribution >= 0.6 is 11.6 Å². The first kappa shape index (κ1) is 29.0. The molecule has 3 rings (SSSR count). The molecule has 1 aliphatic carbocycles. The van der Waals surface area contributed by atoms with Gasteiger partial charge < -0.3 is 15.2 Å². The van der Waals surface area contributed by atoms with Gasteiger partial charge in [-0.2, -0.15) is 13.2 Å². The summed E-state index contributed by atoms with van der Waals surface area (Å²) in [4.78, 5) is 31.8. The van der Waals surface area contributed by atoms with Crippen molar-refractivity contribution in [3.8, 4) is 0 Å². The minimum Gasteiger partial charge on any atom is -0.369 e. The minimum absolute atomic E-state index is 0.0918. The van der Waals surface area contributed by atoms with Crippen molar-refractivity contribution in [2.75, 3.05) is 25.0 Å². The predicted octanol–water partition coefficient (Wildman–Crippen LogP) is 5.52. The zero-order valence-corrected chi connectivity index (χ0v) is 22.8. The Kier molecular flexibility index (Phi) is 9.34. The van der Waals surface area contributed by atoms with Gasteiger partial charge >= 0.3 is 6.18 Å². The van der Waals surface area contributed by atoms with Crippen LogP contribution in [-0.4, -0.2) is 54.2 Å². The van der Waals surface area contributed by atoms with Crippen molar-refractivity contribution in [1.29, 1.82) is 0 Å². The average Bonchev–Trinajstić information content (AvgIpc) is 2.80. The highest BCUT2D eigenvalue weighted by Crippen LogP contribution is 2.34. The fraction of sp³-hybridized carbons (Fsp3) is 0.556. The van der Waals surface area contributed by atoms with E-state index in [1.54, 1.807) is 13.0 Å². The van der Waals surface area contributed by atoms with Crippen LogP contribution in [0, 0.1) is 20.8 Å². The maximum Gasteiger partial charge on any atom is 0.401 e. The summed E-state index contributed by atoms with van der Waals surface area (Å²) in [6.45, 7) is 7.40. The van der Waals surface area contributed by atoms with Crippen LogP contribution in [-0.2, 0) is 6.54 Å². The van der Waals surface area contributed by atoms with Gasteiger partial charge in [-0.05, 0) is 89.8 Å². The smallest absolute Gasteiger partial charge is 0.369 e. The van der Waals surface area contributed by atoms with E-state index in [-0.39, 0.29) is 30.1 Å². The Bertz CT molecular complexity index is 1170. The van der Waals surface area contributed by atoms with Crippen molar-refractivity contribution in [3.63, 3.8) is 0 Å². The van der Waals surface area contributed by atoms with Crippen LogP contribution in [0.3, 0.4) is 0 Å². The molecule has 1 aliphatic rings. The van der Waals surface area contributed by atoms with Gasteiger partial charge in [0, 0.05) is 52.7 Å². The number of amides is 1. The molecule has 37 heavy (non-hydrogen) atoms. The molecule has 1 aromatic heterocycles. The number of aryl methyl sites for hydroxylation is 2. The molecule has 1 amide bonds. The minimum atomic E-state index is -4.21. The number of carbonyl (C=O) groups excluding carboxylic acids is 1. The number of aromatic amines is 1. The van der Waals surface area contributed by atoms with Crippen LogP contribution in [0.4, 0.5) is 18.9 Å². The van der Waals surface area contributed by atoms with Crippen LogP contribution in [0.1, 0.15) is 65.3 Å². The predicted molar refractivity (Wildman–Crippen MR) is 142 cm³/mol. The molecule has 1 heterocycles. The molecule has 1 saturated carbocycles. The molecule has 2 aromatic rings. The Labute approximate surface area is 221 Å². The normalized spacial score (nSPS) is 18.2. The summed E-state index contributed by atoms with van der Waals surface area (Å²) in [5.74, 6) is -0.325. The maximum absolute atomic E-state index is 13.2. The Hall–Kier alpha value is -2.52. The third-order valence-corrected chi connectivity index (χ3v) is 7.54. The van der Waals surface area contributed by atoms with Gasteiger partial charge in [0.05, 0.1) is 6.54 Å². The molecule has 0 radical (unpaired) electrons. The number of rotatable bonds is 8. The molecular formula is C27H36ClF3N4O2. The second-order valence-corrected chi connectivity index (χ2v) is 10.4. The molecule has 0 bridgehead atoms. The van der Waals surface area contributed by atoms with Crippen molar-refractivity contribution in [2.45, 2.75) is 78.2 Å². The van der Waals surface area contributed by atoms with Crippen LogP contribution in [0.15, 0.2) is 23.0 Å². The Morgan fingerprint density at radius 1 is 1.11 bits per heavy atom. The molecule has 10 heteroatoms. The standard InChI is InChI=1S/C27H36ClF3N4O2/c1-6-35(21-9-7-20(8-10-21)34(5)15-27(29,30)31)24-13-19(28)12-22(18(24)4)25(36)32-14-23-16(2)11-17(3)33-26(23)37/h11-13,20-21H,6-10,14-15H2,1-5H3,(H,32,36)(H,33,37). The highest BCUT2D eigenvalue weighted by molar-refractivity contribution is 6.31. The monoisotopic (exact) mass is 540 g/mol. The zero-order valence-electron chi connectivity index (χ0n) is 22.1. The largest absolute Gasteiger partial charge is 0.401 e. The first-order chi connectivity index (χ1) is 17.3. The van der Waals surface area contributed by atoms with E-state index in [9.17, 15) is 22.8 Å². The highest BCUT2D eigenvalue weighted by atomic mass is 35.5. The van der Waals surface area contributed by atoms with E-state index in [2.05, 4.69) is 15.2 Å². The number of nitrogens with one attached hydrogen (secondary N) is 2. The molecule has 204 valence electrons. The first-order valence-electron chi connectivity index (χ1n) is 12.6. The quantitative estimate of drug-likeness (QED) is 0.463. The van der Waals surface area contributed by atoms with E-state index in [1.807, 2.05) is 32.9 Å². The lowest BCUT2D eigenvalue weighted by Crippen LogP contribution is -2.45. The summed E-state index contributed by atoms with van der Waals surface area (Å²) in [6, 6.07) is 5.36. The summed E-state index contributed by atoms with van der Waals surface area (Å²) in [6.07, 6.45) is -1.36. The van der Waals surface area contributed by atoms with E-state index >= 15 is 0 Å². The van der Waals surface area contributed by atoms with E-state index < -0.39 is 12.7 Å². The Balaban J connectivity index is 1.75. The van der Waals surface area contributed by atoms with E-state index in [0.29, 0.717) is 35.5 Å². The molecule has 6 nitrogen and oxygen atoms in total. The number of hydrogen-bond acceptors (Lipinski definition) is 4. The number of alkyl halides is 3. The van der Waals surface area contributed by atoms with Gasteiger partial charge in [0.1, 0.15) is 0 Å². The molecule has 1 aromatic carbocycles. The lowest BCUT2D eigenvalue weighted by Gasteiger charge is -2.41. The van der Waals surface area contributed by atoms with Crippen LogP contribution in [0.25, 0.3) is 0 Å². The number of aromatic nitrogens is 1. The third kappa shape index (κ3) is 7.29. The molecule has 0 saturated heterocycles. The average molecular weight is 541 g/mol. The summed E-state index contributed by atoms with van der Waals surface area (Å²) < 4.78 is 38.5. The van der Waals surface area contributed by atoms with E-state index in [0.717, 1.165) is 35.3 Å². The van der Waals surface area contributed by atoms with Crippen LogP contribution in [0.5, 0.6) is 0 Å². The number of nitrogens with zero attached hydrogens (tertiary/aromatic N) is 2. The lowest BCUT2D eigenvalue weighted by atomic mass is 9.88. The molecule has 0 unspecified atom stereocenters. The number of halogens is 4. The summed E-state index contributed by atoms with van der Waals surface area (Å²) in [5.41, 5.74) is 3.88. The molecule has 0 spiro atoms. The van der Waals surface area contributed by atoms with Crippen LogP contribution in [0.2, 0.25) is 5.02 Å². The van der Waals surface area contributed by atoms with Crippen molar-refractivity contribution >= 4 is 23.2 Å². The summed E-state index contributed by atoms with van der Waals surface area (Å²) >= 11 is 6.44. The number of anilines is 1. The molecule has 0 aliphatic heterocycles. The van der Waals surface area contributed by atoms with Gasteiger partial charge in [0.2, 0.25) is 0 Å². The summed E-state index contributed by atoms with van der Waals surface area (Å²) in [7, 11) is 1.54. The lowest BCUT2D eigenvalue weighted by molar-refractivity contribution is -0.148. The number of benzene rings is 1. The van der Waals surface area contributed by atoms with Gasteiger partial charge in [-0.15, -0.1) is 0 Å². The fourth-order valence-corrected chi connectivity index (χ4v) is 5.62. The van der Waals surface area contributed by atoms with Crippen molar-refractivity contribution < 1.29 is 18.0 Å². The number of H-pyrrole nitrogens is 1. The molecular weight excluding hydrogens is 505 g/mol. The Morgan fingerprint density at radius 2 is 1.73 bits per heavy atom. The van der Waals surface area contributed by atoms with Crippen molar-refractivity contribution in [3.05, 3.63) is 61.5 Å². The third-order valence-electron chi connectivity index (χ3n) is 7.32. The van der Waals surface area contributed by atoms with Gasteiger partial charge in [-0.1, -0.05) is 11.6 Å².